The van der Waals surface area contributed by atoms with Crippen LogP contribution in [0.1, 0.15) is 51.0 Å². The predicted molar refractivity (Wildman–Crippen MR) is 152 cm³/mol. The Balaban J connectivity index is 1.32. The van der Waals surface area contributed by atoms with Gasteiger partial charge in [-0.2, -0.15) is 0 Å². The van der Waals surface area contributed by atoms with Crippen molar-refractivity contribution in [1.29, 1.82) is 0 Å². The number of ether oxygens (including phenoxy) is 1. The highest BCUT2D eigenvalue weighted by atomic mass is 32.2. The molecule has 1 aliphatic carbocycles. The number of benzene rings is 2. The largest absolute Gasteiger partial charge is 0.350 e. The van der Waals surface area contributed by atoms with Crippen molar-refractivity contribution in [1.82, 2.24) is 20.3 Å². The summed E-state index contributed by atoms with van der Waals surface area (Å²) in [6.07, 6.45) is 5.68. The van der Waals surface area contributed by atoms with Crippen molar-refractivity contribution < 1.29 is 31.6 Å². The average molecular weight is 605 g/mol. The Morgan fingerprint density at radius 1 is 1.17 bits per heavy atom. The zero-order valence-electron chi connectivity index (χ0n) is 23.5. The number of carbonyl (C=O) groups excluding carboxylic acids is 1. The molecule has 2 aliphatic rings. The molecule has 1 unspecified atom stereocenters. The van der Waals surface area contributed by atoms with E-state index in [0.717, 1.165) is 38.0 Å². The molecule has 2 heterocycles. The van der Waals surface area contributed by atoms with Gasteiger partial charge in [0.05, 0.1) is 17.2 Å². The number of nitrogens with one attached hydrogen (secondary N) is 2. The summed E-state index contributed by atoms with van der Waals surface area (Å²) in [6.45, 7) is 1.88. The molecule has 10 nitrogen and oxygen atoms in total. The highest BCUT2D eigenvalue weighted by Gasteiger charge is 2.44. The van der Waals surface area contributed by atoms with E-state index < -0.39 is 44.0 Å². The molecular weight excluding hydrogens is 570 g/mol. The molecule has 13 heteroatoms. The van der Waals surface area contributed by atoms with Crippen molar-refractivity contribution >= 4 is 26.6 Å². The van der Waals surface area contributed by atoms with Gasteiger partial charge in [-0.15, -0.1) is 0 Å². The predicted octanol–water partition coefficient (Wildman–Crippen LogP) is 3.36. The number of fused-ring (bicyclic) bond motifs is 1. The second kappa shape index (κ2) is 12.2. The molecule has 42 heavy (non-hydrogen) atoms. The lowest BCUT2D eigenvalue weighted by atomic mass is 10.0. The Labute approximate surface area is 242 Å². The standard InChI is InChI=1S/C29H34F2N4O6S/c1-29(42(2,38)39,28(37)34-41-26-5-3-4-12-40-26)10-11-35-17-33-25-14-18(6-9-21(25)27(35)36)22-15-23(30)19(13-24(22)31)16-32-20-7-8-20/h6,9,13-15,17,20,26,32H,3-5,7-8,10-12,16H2,1-2H3,(H,34,37)/t26?,29-/m1/s1. The summed E-state index contributed by atoms with van der Waals surface area (Å²) in [7, 11) is -3.93. The summed E-state index contributed by atoms with van der Waals surface area (Å²) in [4.78, 5) is 35.8. The van der Waals surface area contributed by atoms with Crippen molar-refractivity contribution in [3.8, 4) is 11.1 Å². The van der Waals surface area contributed by atoms with Crippen LogP contribution in [-0.4, -0.2) is 53.8 Å². The monoisotopic (exact) mass is 604 g/mol. The maximum Gasteiger partial charge on any atom is 0.264 e. The molecule has 0 spiro atoms. The van der Waals surface area contributed by atoms with Crippen molar-refractivity contribution in [3.05, 3.63) is 64.2 Å². The summed E-state index contributed by atoms with van der Waals surface area (Å²) in [5.74, 6) is -1.99. The van der Waals surface area contributed by atoms with Crippen LogP contribution in [0.2, 0.25) is 0 Å². The minimum atomic E-state index is -3.93. The molecule has 2 atom stereocenters. The van der Waals surface area contributed by atoms with Gasteiger partial charge in [-0.1, -0.05) is 6.07 Å². The number of aromatic nitrogens is 2. The quantitative estimate of drug-likeness (QED) is 0.319. The molecule has 0 radical (unpaired) electrons. The molecule has 1 aliphatic heterocycles. The Morgan fingerprint density at radius 2 is 1.95 bits per heavy atom. The van der Waals surface area contributed by atoms with Crippen LogP contribution in [-0.2, 0) is 37.3 Å². The van der Waals surface area contributed by atoms with Crippen LogP contribution in [0, 0.1) is 11.6 Å². The molecule has 5 rings (SSSR count). The summed E-state index contributed by atoms with van der Waals surface area (Å²) >= 11 is 0. The number of amides is 1. The highest BCUT2D eigenvalue weighted by Crippen LogP contribution is 2.29. The number of hydrogen-bond acceptors (Lipinski definition) is 8. The van der Waals surface area contributed by atoms with E-state index in [1.54, 1.807) is 0 Å². The van der Waals surface area contributed by atoms with Crippen LogP contribution in [0.25, 0.3) is 22.0 Å². The molecule has 0 bridgehead atoms. The van der Waals surface area contributed by atoms with Crippen LogP contribution >= 0.6 is 0 Å². The Hall–Kier alpha value is -3.26. The Kier molecular flexibility index (Phi) is 8.74. The summed E-state index contributed by atoms with van der Waals surface area (Å²) < 4.78 is 59.7. The third-order valence-corrected chi connectivity index (χ3v) is 10.0. The fourth-order valence-electron chi connectivity index (χ4n) is 4.80. The maximum absolute atomic E-state index is 15.0. The number of hydrogen-bond donors (Lipinski definition) is 2. The number of rotatable bonds is 11. The van der Waals surface area contributed by atoms with Crippen molar-refractivity contribution in [2.45, 2.75) is 75.6 Å². The van der Waals surface area contributed by atoms with Crippen LogP contribution in [0.5, 0.6) is 0 Å². The first-order chi connectivity index (χ1) is 20.0. The van der Waals surface area contributed by atoms with E-state index in [9.17, 15) is 26.8 Å². The van der Waals surface area contributed by atoms with E-state index in [1.807, 2.05) is 0 Å². The first kappa shape index (κ1) is 30.2. The van der Waals surface area contributed by atoms with Gasteiger partial charge in [0.25, 0.3) is 11.5 Å². The van der Waals surface area contributed by atoms with Crippen molar-refractivity contribution in [2.24, 2.45) is 0 Å². The fraction of sp³-hybridized carbons (Fsp3) is 0.483. The normalized spacial score (nSPS) is 19.0. The van der Waals surface area contributed by atoms with Gasteiger partial charge >= 0.3 is 0 Å². The van der Waals surface area contributed by atoms with Gasteiger partial charge in [0.1, 0.15) is 11.6 Å². The molecular formula is C29H34F2N4O6S. The molecule has 1 saturated carbocycles. The number of nitrogens with zero attached hydrogens (tertiary/aromatic N) is 2. The van der Waals surface area contributed by atoms with Gasteiger partial charge < -0.3 is 10.1 Å². The summed E-state index contributed by atoms with van der Waals surface area (Å²) in [5.41, 5.74) is 2.66. The first-order valence-corrected chi connectivity index (χ1v) is 15.8. The van der Waals surface area contributed by atoms with Crippen molar-refractivity contribution in [2.75, 3.05) is 12.9 Å². The summed E-state index contributed by atoms with van der Waals surface area (Å²) in [5, 5.41) is 3.37. The lowest BCUT2D eigenvalue weighted by Gasteiger charge is -2.28. The van der Waals surface area contributed by atoms with E-state index in [-0.39, 0.29) is 41.5 Å². The van der Waals surface area contributed by atoms with Crippen LogP contribution in [0.3, 0.4) is 0 Å². The van der Waals surface area contributed by atoms with Gasteiger partial charge in [-0.3, -0.25) is 14.2 Å². The smallest absolute Gasteiger partial charge is 0.264 e. The molecule has 226 valence electrons. The number of sulfone groups is 1. The third kappa shape index (κ3) is 6.54. The third-order valence-electron chi connectivity index (χ3n) is 7.98. The van der Waals surface area contributed by atoms with Gasteiger partial charge in [0.2, 0.25) is 0 Å². The Morgan fingerprint density at radius 3 is 2.64 bits per heavy atom. The van der Waals surface area contributed by atoms with Gasteiger partial charge in [-0.05, 0) is 68.9 Å². The molecule has 2 N–H and O–H groups in total. The fourth-order valence-corrected chi connectivity index (χ4v) is 5.64. The number of hydroxylamine groups is 1. The van der Waals surface area contributed by atoms with E-state index in [0.29, 0.717) is 24.6 Å². The second-order valence-electron chi connectivity index (χ2n) is 11.2. The number of carbonyl (C=O) groups is 1. The summed E-state index contributed by atoms with van der Waals surface area (Å²) in [6, 6.07) is 7.15. The van der Waals surface area contributed by atoms with E-state index in [2.05, 4.69) is 15.8 Å². The lowest BCUT2D eigenvalue weighted by molar-refractivity contribution is -0.201. The van der Waals surface area contributed by atoms with Gasteiger partial charge in [0.15, 0.2) is 20.9 Å². The molecule has 3 aromatic rings. The zero-order chi connectivity index (χ0) is 30.1. The average Bonchev–Trinajstić information content (AvgIpc) is 3.80. The number of halogens is 2. The topological polar surface area (TPSA) is 129 Å². The van der Waals surface area contributed by atoms with Crippen LogP contribution < -0.4 is 16.4 Å². The Bertz CT molecular complexity index is 1650. The highest BCUT2D eigenvalue weighted by molar-refractivity contribution is 7.92. The van der Waals surface area contributed by atoms with E-state index in [4.69, 9.17) is 9.57 Å². The SMILES string of the molecule is C[C@@](CCn1cnc2cc(-c3cc(F)c(CNC4CC4)cc3F)ccc2c1=O)(C(=O)NOC1CCCCO1)S(C)(=O)=O. The maximum atomic E-state index is 15.0. The molecule has 2 fully saturated rings. The zero-order valence-corrected chi connectivity index (χ0v) is 24.3. The second-order valence-corrected chi connectivity index (χ2v) is 13.6. The lowest BCUT2D eigenvalue weighted by Crippen LogP contribution is -2.51. The molecule has 1 saturated heterocycles. The molecule has 1 aromatic heterocycles. The van der Waals surface area contributed by atoms with Crippen molar-refractivity contribution in [3.63, 3.8) is 0 Å². The van der Waals surface area contributed by atoms with Gasteiger partial charge in [0, 0.05) is 49.5 Å². The first-order valence-electron chi connectivity index (χ1n) is 13.9. The van der Waals surface area contributed by atoms with E-state index >= 15 is 0 Å². The number of aryl methyl sites for hydroxylation is 1. The minimum absolute atomic E-state index is 0.0475. The molecule has 1 amide bonds. The van der Waals surface area contributed by atoms with E-state index in [1.165, 1.54) is 42.1 Å². The van der Waals surface area contributed by atoms with Crippen LogP contribution in [0.4, 0.5) is 8.78 Å². The van der Waals surface area contributed by atoms with Crippen LogP contribution in [0.15, 0.2) is 41.5 Å². The van der Waals surface area contributed by atoms with Gasteiger partial charge in [-0.25, -0.2) is 32.5 Å². The minimum Gasteiger partial charge on any atom is -0.350 e. The molecule has 2 aromatic carbocycles.